The number of amides is 1. The molecule has 0 spiro atoms. The molecule has 1 atom stereocenters. The minimum absolute atomic E-state index is 0.166. The SMILES string of the molecule is CCC[C@@H](N)C(=O)Nc1ccc2oc(CC)nc2c1. The first-order valence-electron chi connectivity index (χ1n) is 6.60. The van der Waals surface area contributed by atoms with Crippen LogP contribution in [0.3, 0.4) is 0 Å². The second-order valence-electron chi connectivity index (χ2n) is 4.53. The second-order valence-corrected chi connectivity index (χ2v) is 4.53. The Balaban J connectivity index is 2.14. The lowest BCUT2D eigenvalue weighted by Crippen LogP contribution is -2.35. The van der Waals surface area contributed by atoms with Gasteiger partial charge in [-0.15, -0.1) is 0 Å². The minimum Gasteiger partial charge on any atom is -0.441 e. The maximum Gasteiger partial charge on any atom is 0.241 e. The van der Waals surface area contributed by atoms with E-state index >= 15 is 0 Å². The minimum atomic E-state index is -0.468. The number of fused-ring (bicyclic) bond motifs is 1. The van der Waals surface area contributed by atoms with E-state index in [1.54, 1.807) is 12.1 Å². The largest absolute Gasteiger partial charge is 0.441 e. The number of anilines is 1. The molecule has 1 aromatic carbocycles. The molecule has 1 heterocycles. The highest BCUT2D eigenvalue weighted by molar-refractivity contribution is 5.96. The quantitative estimate of drug-likeness (QED) is 0.866. The maximum absolute atomic E-state index is 11.8. The highest BCUT2D eigenvalue weighted by Gasteiger charge is 2.13. The zero-order valence-electron chi connectivity index (χ0n) is 11.3. The predicted molar refractivity (Wildman–Crippen MR) is 74.9 cm³/mol. The topological polar surface area (TPSA) is 81.2 Å². The predicted octanol–water partition coefficient (Wildman–Crippen LogP) is 2.46. The van der Waals surface area contributed by atoms with Crippen LogP contribution in [0.15, 0.2) is 22.6 Å². The van der Waals surface area contributed by atoms with E-state index in [4.69, 9.17) is 10.2 Å². The van der Waals surface area contributed by atoms with Crippen molar-refractivity contribution >= 4 is 22.7 Å². The Bertz CT molecular complexity index is 577. The Morgan fingerprint density at radius 2 is 2.26 bits per heavy atom. The number of nitrogens with two attached hydrogens (primary N) is 1. The molecule has 0 saturated carbocycles. The number of carbonyl (C=O) groups excluding carboxylic acids is 1. The van der Waals surface area contributed by atoms with Gasteiger partial charge in [-0.3, -0.25) is 4.79 Å². The monoisotopic (exact) mass is 261 g/mol. The van der Waals surface area contributed by atoms with Gasteiger partial charge >= 0.3 is 0 Å². The second kappa shape index (κ2) is 5.84. The Morgan fingerprint density at radius 3 is 2.95 bits per heavy atom. The highest BCUT2D eigenvalue weighted by Crippen LogP contribution is 2.20. The van der Waals surface area contributed by atoms with Crippen LogP contribution < -0.4 is 11.1 Å². The number of hydrogen-bond acceptors (Lipinski definition) is 4. The van der Waals surface area contributed by atoms with Crippen molar-refractivity contribution in [3.63, 3.8) is 0 Å². The van der Waals surface area contributed by atoms with E-state index in [-0.39, 0.29) is 5.91 Å². The summed E-state index contributed by atoms with van der Waals surface area (Å²) in [7, 11) is 0. The molecule has 2 rings (SSSR count). The number of aromatic nitrogens is 1. The van der Waals surface area contributed by atoms with Gasteiger partial charge in [0.2, 0.25) is 5.91 Å². The summed E-state index contributed by atoms with van der Waals surface area (Å²) in [5, 5.41) is 2.80. The third-order valence-corrected chi connectivity index (χ3v) is 2.94. The van der Waals surface area contributed by atoms with Gasteiger partial charge in [-0.25, -0.2) is 4.98 Å². The summed E-state index contributed by atoms with van der Waals surface area (Å²) in [6, 6.07) is 4.93. The Morgan fingerprint density at radius 1 is 1.47 bits per heavy atom. The fraction of sp³-hybridized carbons (Fsp3) is 0.429. The van der Waals surface area contributed by atoms with Gasteiger partial charge in [-0.2, -0.15) is 0 Å². The fourth-order valence-electron chi connectivity index (χ4n) is 1.88. The smallest absolute Gasteiger partial charge is 0.241 e. The van der Waals surface area contributed by atoms with Crippen LogP contribution >= 0.6 is 0 Å². The van der Waals surface area contributed by atoms with Crippen LogP contribution in [0.1, 0.15) is 32.6 Å². The van der Waals surface area contributed by atoms with Crippen LogP contribution in [0.25, 0.3) is 11.1 Å². The van der Waals surface area contributed by atoms with Crippen molar-refractivity contribution in [1.82, 2.24) is 4.98 Å². The van der Waals surface area contributed by atoms with Gasteiger partial charge in [-0.05, 0) is 24.6 Å². The molecule has 2 aromatic rings. The number of nitrogens with zero attached hydrogens (tertiary/aromatic N) is 1. The van der Waals surface area contributed by atoms with Crippen LogP contribution in [0.5, 0.6) is 0 Å². The van der Waals surface area contributed by atoms with E-state index in [1.165, 1.54) is 0 Å². The van der Waals surface area contributed by atoms with Crippen LogP contribution in [-0.2, 0) is 11.2 Å². The average Bonchev–Trinajstić information content (AvgIpc) is 2.81. The van der Waals surface area contributed by atoms with Crippen LogP contribution in [0.4, 0.5) is 5.69 Å². The van der Waals surface area contributed by atoms with Crippen molar-refractivity contribution in [3.05, 3.63) is 24.1 Å². The fourth-order valence-corrected chi connectivity index (χ4v) is 1.88. The number of carbonyl (C=O) groups is 1. The van der Waals surface area contributed by atoms with Crippen LogP contribution in [0.2, 0.25) is 0 Å². The normalized spacial score (nSPS) is 12.6. The number of nitrogens with one attached hydrogen (secondary N) is 1. The molecule has 1 aromatic heterocycles. The van der Waals surface area contributed by atoms with Gasteiger partial charge in [-0.1, -0.05) is 20.3 Å². The summed E-state index contributed by atoms with van der Waals surface area (Å²) >= 11 is 0. The van der Waals surface area contributed by atoms with Crippen molar-refractivity contribution in [2.75, 3.05) is 5.32 Å². The summed E-state index contributed by atoms with van der Waals surface area (Å²) in [5.41, 5.74) is 7.94. The summed E-state index contributed by atoms with van der Waals surface area (Å²) in [4.78, 5) is 16.2. The average molecular weight is 261 g/mol. The third-order valence-electron chi connectivity index (χ3n) is 2.94. The molecule has 0 saturated heterocycles. The van der Waals surface area contributed by atoms with E-state index in [0.29, 0.717) is 18.0 Å². The number of benzene rings is 1. The molecule has 5 nitrogen and oxygen atoms in total. The van der Waals surface area contributed by atoms with Gasteiger partial charge in [0.15, 0.2) is 11.5 Å². The standard InChI is InChI=1S/C14H19N3O2/c1-3-5-10(15)14(18)16-9-6-7-12-11(8-9)17-13(4-2)19-12/h6-8,10H,3-5,15H2,1-2H3,(H,16,18)/t10-/m1/s1. The lowest BCUT2D eigenvalue weighted by molar-refractivity contribution is -0.117. The molecule has 0 bridgehead atoms. The molecule has 0 unspecified atom stereocenters. The summed E-state index contributed by atoms with van der Waals surface area (Å²) < 4.78 is 5.51. The Kier molecular flexibility index (Phi) is 4.16. The van der Waals surface area contributed by atoms with Gasteiger partial charge in [0, 0.05) is 12.1 Å². The molecule has 0 aliphatic carbocycles. The summed E-state index contributed by atoms with van der Waals surface area (Å²) in [6.07, 6.45) is 2.31. The highest BCUT2D eigenvalue weighted by atomic mass is 16.3. The van der Waals surface area contributed by atoms with E-state index in [9.17, 15) is 4.79 Å². The molecule has 3 N–H and O–H groups in total. The molecule has 0 fully saturated rings. The Labute approximate surface area is 112 Å². The van der Waals surface area contributed by atoms with Gasteiger partial charge in [0.05, 0.1) is 6.04 Å². The summed E-state index contributed by atoms with van der Waals surface area (Å²) in [5.74, 6) is 0.529. The first-order chi connectivity index (χ1) is 9.13. The molecule has 19 heavy (non-hydrogen) atoms. The molecular weight excluding hydrogens is 242 g/mol. The van der Waals surface area contributed by atoms with Gasteiger partial charge < -0.3 is 15.5 Å². The maximum atomic E-state index is 11.8. The third kappa shape index (κ3) is 3.12. The number of oxazole rings is 1. The van der Waals surface area contributed by atoms with E-state index in [2.05, 4.69) is 10.3 Å². The lowest BCUT2D eigenvalue weighted by atomic mass is 10.1. The molecule has 102 valence electrons. The van der Waals surface area contributed by atoms with E-state index in [1.807, 2.05) is 19.9 Å². The number of hydrogen-bond donors (Lipinski definition) is 2. The molecule has 0 aliphatic rings. The van der Waals surface area contributed by atoms with Crippen LogP contribution in [-0.4, -0.2) is 16.9 Å². The van der Waals surface area contributed by atoms with Crippen molar-refractivity contribution < 1.29 is 9.21 Å². The lowest BCUT2D eigenvalue weighted by Gasteiger charge is -2.10. The molecule has 1 amide bonds. The van der Waals surface area contributed by atoms with Crippen LogP contribution in [0, 0.1) is 0 Å². The first-order valence-corrected chi connectivity index (χ1v) is 6.60. The zero-order chi connectivity index (χ0) is 13.8. The molecule has 0 radical (unpaired) electrons. The van der Waals surface area contributed by atoms with Crippen molar-refractivity contribution in [3.8, 4) is 0 Å². The Hall–Kier alpha value is -1.88. The molecular formula is C14H19N3O2. The van der Waals surface area contributed by atoms with E-state index < -0.39 is 6.04 Å². The van der Waals surface area contributed by atoms with E-state index in [0.717, 1.165) is 23.9 Å². The van der Waals surface area contributed by atoms with Gasteiger partial charge in [0.1, 0.15) is 5.52 Å². The first kappa shape index (κ1) is 13.5. The molecule has 5 heteroatoms. The zero-order valence-corrected chi connectivity index (χ0v) is 11.3. The van der Waals surface area contributed by atoms with Crippen molar-refractivity contribution in [2.45, 2.75) is 39.2 Å². The number of rotatable bonds is 5. The van der Waals surface area contributed by atoms with Crippen molar-refractivity contribution in [1.29, 1.82) is 0 Å². The van der Waals surface area contributed by atoms with Crippen molar-refractivity contribution in [2.24, 2.45) is 5.73 Å². The molecule has 0 aliphatic heterocycles. The number of aryl methyl sites for hydroxylation is 1. The van der Waals surface area contributed by atoms with Gasteiger partial charge in [0.25, 0.3) is 0 Å². The summed E-state index contributed by atoms with van der Waals surface area (Å²) in [6.45, 7) is 3.98.